The van der Waals surface area contributed by atoms with Gasteiger partial charge in [-0.25, -0.2) is 8.42 Å². The monoisotopic (exact) mass is 300 g/mol. The third kappa shape index (κ3) is 3.04. The van der Waals surface area contributed by atoms with E-state index in [1.54, 1.807) is 0 Å². The molecule has 0 radical (unpaired) electrons. The SMILES string of the molecule is CCNC1CC2CCCC(C1)N2C1CCS(=O)(=O)CC1. The van der Waals surface area contributed by atoms with Crippen LogP contribution in [0.15, 0.2) is 0 Å². The van der Waals surface area contributed by atoms with Crippen molar-refractivity contribution in [3.63, 3.8) is 0 Å². The van der Waals surface area contributed by atoms with Crippen LogP contribution in [0.25, 0.3) is 0 Å². The van der Waals surface area contributed by atoms with Crippen molar-refractivity contribution in [3.05, 3.63) is 0 Å². The molecule has 0 aliphatic carbocycles. The third-order valence-electron chi connectivity index (χ3n) is 5.47. The van der Waals surface area contributed by atoms with Crippen molar-refractivity contribution in [2.24, 2.45) is 0 Å². The van der Waals surface area contributed by atoms with Gasteiger partial charge in [0.15, 0.2) is 0 Å². The van der Waals surface area contributed by atoms with Crippen LogP contribution in [0.5, 0.6) is 0 Å². The van der Waals surface area contributed by atoms with Crippen molar-refractivity contribution in [1.29, 1.82) is 0 Å². The molecule has 0 aromatic heterocycles. The number of piperidine rings is 2. The molecule has 3 fully saturated rings. The highest BCUT2D eigenvalue weighted by molar-refractivity contribution is 7.91. The highest BCUT2D eigenvalue weighted by Crippen LogP contribution is 2.38. The maximum absolute atomic E-state index is 11.6. The molecule has 0 saturated carbocycles. The summed E-state index contributed by atoms with van der Waals surface area (Å²) < 4.78 is 23.3. The van der Waals surface area contributed by atoms with Gasteiger partial charge < -0.3 is 5.32 Å². The van der Waals surface area contributed by atoms with E-state index in [-0.39, 0.29) is 0 Å². The number of fused-ring (bicyclic) bond motifs is 2. The number of nitrogens with zero attached hydrogens (tertiary/aromatic N) is 1. The Labute approximate surface area is 123 Å². The molecule has 3 heterocycles. The molecule has 0 aromatic rings. The van der Waals surface area contributed by atoms with E-state index in [9.17, 15) is 8.42 Å². The smallest absolute Gasteiger partial charge is 0.150 e. The molecule has 4 nitrogen and oxygen atoms in total. The van der Waals surface area contributed by atoms with Gasteiger partial charge in [0.2, 0.25) is 0 Å². The molecule has 2 bridgehead atoms. The summed E-state index contributed by atoms with van der Waals surface area (Å²) in [6.45, 7) is 3.25. The van der Waals surface area contributed by atoms with Gasteiger partial charge >= 0.3 is 0 Å². The molecule has 2 atom stereocenters. The van der Waals surface area contributed by atoms with Crippen LogP contribution in [0.3, 0.4) is 0 Å². The van der Waals surface area contributed by atoms with Crippen molar-refractivity contribution < 1.29 is 8.42 Å². The minimum atomic E-state index is -2.74. The van der Waals surface area contributed by atoms with Crippen LogP contribution in [-0.4, -0.2) is 55.5 Å². The first-order chi connectivity index (χ1) is 9.59. The summed E-state index contributed by atoms with van der Waals surface area (Å²) in [4.78, 5) is 2.73. The number of hydrogen-bond acceptors (Lipinski definition) is 4. The largest absolute Gasteiger partial charge is 0.314 e. The lowest BCUT2D eigenvalue weighted by Crippen LogP contribution is -2.60. The summed E-state index contributed by atoms with van der Waals surface area (Å²) in [5.41, 5.74) is 0. The summed E-state index contributed by atoms with van der Waals surface area (Å²) >= 11 is 0. The molecule has 3 saturated heterocycles. The molecule has 20 heavy (non-hydrogen) atoms. The molecule has 116 valence electrons. The molecular formula is C15H28N2O2S. The van der Waals surface area contributed by atoms with E-state index in [0.717, 1.165) is 19.4 Å². The topological polar surface area (TPSA) is 49.4 Å². The first kappa shape index (κ1) is 14.8. The Bertz CT molecular complexity index is 409. The average molecular weight is 300 g/mol. The lowest BCUT2D eigenvalue weighted by atomic mass is 9.80. The fourth-order valence-electron chi connectivity index (χ4n) is 4.64. The molecule has 5 heteroatoms. The molecular weight excluding hydrogens is 272 g/mol. The van der Waals surface area contributed by atoms with Gasteiger partial charge in [0, 0.05) is 24.2 Å². The van der Waals surface area contributed by atoms with Crippen molar-refractivity contribution >= 4 is 9.84 Å². The lowest BCUT2D eigenvalue weighted by Gasteiger charge is -2.53. The van der Waals surface area contributed by atoms with Gasteiger partial charge in [0.25, 0.3) is 0 Å². The molecule has 2 unspecified atom stereocenters. The second-order valence-corrected chi connectivity index (χ2v) is 9.10. The minimum Gasteiger partial charge on any atom is -0.314 e. The van der Waals surface area contributed by atoms with E-state index < -0.39 is 9.84 Å². The number of rotatable bonds is 3. The standard InChI is InChI=1S/C15H28N2O2S/c1-2-16-12-10-14-4-3-5-15(11-12)17(14)13-6-8-20(18,19)9-7-13/h12-16H,2-11H2,1H3. The molecule has 3 aliphatic heterocycles. The number of hydrogen-bond donors (Lipinski definition) is 1. The van der Waals surface area contributed by atoms with E-state index in [1.807, 2.05) is 0 Å². The van der Waals surface area contributed by atoms with Gasteiger partial charge in [-0.3, -0.25) is 4.90 Å². The van der Waals surface area contributed by atoms with Gasteiger partial charge in [-0.2, -0.15) is 0 Å². The first-order valence-corrected chi connectivity index (χ1v) is 10.1. The molecule has 0 aromatic carbocycles. The Hall–Kier alpha value is -0.130. The van der Waals surface area contributed by atoms with Crippen LogP contribution in [-0.2, 0) is 9.84 Å². The van der Waals surface area contributed by atoms with E-state index in [1.165, 1.54) is 32.1 Å². The molecule has 0 spiro atoms. The fourth-order valence-corrected chi connectivity index (χ4v) is 6.11. The minimum absolute atomic E-state index is 0.407. The zero-order valence-corrected chi connectivity index (χ0v) is 13.4. The van der Waals surface area contributed by atoms with Crippen LogP contribution >= 0.6 is 0 Å². The van der Waals surface area contributed by atoms with Crippen LogP contribution in [0, 0.1) is 0 Å². The van der Waals surface area contributed by atoms with Crippen molar-refractivity contribution in [1.82, 2.24) is 10.2 Å². The second kappa shape index (κ2) is 5.93. The Kier molecular flexibility index (Phi) is 4.39. The lowest BCUT2D eigenvalue weighted by molar-refractivity contribution is -0.0136. The fraction of sp³-hybridized carbons (Fsp3) is 1.00. The zero-order valence-electron chi connectivity index (χ0n) is 12.6. The summed E-state index contributed by atoms with van der Waals surface area (Å²) in [6.07, 6.45) is 8.21. The highest BCUT2D eigenvalue weighted by atomic mass is 32.2. The molecule has 3 rings (SSSR count). The summed E-state index contributed by atoms with van der Waals surface area (Å²) in [5.74, 6) is 0.814. The Morgan fingerprint density at radius 1 is 1.00 bits per heavy atom. The number of sulfone groups is 1. The van der Waals surface area contributed by atoms with Crippen LogP contribution in [0.1, 0.15) is 51.9 Å². The van der Waals surface area contributed by atoms with Crippen molar-refractivity contribution in [2.75, 3.05) is 18.1 Å². The molecule has 3 aliphatic rings. The van der Waals surface area contributed by atoms with E-state index in [0.29, 0.717) is 35.7 Å². The third-order valence-corrected chi connectivity index (χ3v) is 7.19. The second-order valence-electron chi connectivity index (χ2n) is 6.79. The van der Waals surface area contributed by atoms with Gasteiger partial charge in [0.1, 0.15) is 9.84 Å². The van der Waals surface area contributed by atoms with E-state index in [4.69, 9.17) is 0 Å². The predicted octanol–water partition coefficient (Wildman–Crippen LogP) is 1.56. The highest BCUT2D eigenvalue weighted by Gasteiger charge is 2.42. The Morgan fingerprint density at radius 3 is 2.15 bits per heavy atom. The normalized spacial score (nSPS) is 38.8. The quantitative estimate of drug-likeness (QED) is 0.859. The van der Waals surface area contributed by atoms with Gasteiger partial charge in [-0.15, -0.1) is 0 Å². The summed E-state index contributed by atoms with van der Waals surface area (Å²) in [6, 6.07) is 2.59. The van der Waals surface area contributed by atoms with Crippen molar-refractivity contribution in [3.8, 4) is 0 Å². The predicted molar refractivity (Wildman–Crippen MR) is 81.6 cm³/mol. The van der Waals surface area contributed by atoms with Crippen molar-refractivity contribution in [2.45, 2.75) is 76.0 Å². The zero-order chi connectivity index (χ0) is 14.2. The maximum Gasteiger partial charge on any atom is 0.150 e. The van der Waals surface area contributed by atoms with Gasteiger partial charge in [-0.1, -0.05) is 13.3 Å². The molecule has 1 N–H and O–H groups in total. The average Bonchev–Trinajstić information content (AvgIpc) is 2.38. The number of nitrogens with one attached hydrogen (secondary N) is 1. The molecule has 0 amide bonds. The van der Waals surface area contributed by atoms with Crippen LogP contribution in [0.2, 0.25) is 0 Å². The summed E-state index contributed by atoms with van der Waals surface area (Å²) in [7, 11) is -2.74. The summed E-state index contributed by atoms with van der Waals surface area (Å²) in [5, 5.41) is 3.63. The Balaban J connectivity index is 1.68. The maximum atomic E-state index is 11.6. The van der Waals surface area contributed by atoms with Crippen LogP contribution < -0.4 is 5.32 Å². The van der Waals surface area contributed by atoms with E-state index >= 15 is 0 Å². The Morgan fingerprint density at radius 2 is 1.60 bits per heavy atom. The van der Waals surface area contributed by atoms with E-state index in [2.05, 4.69) is 17.1 Å². The first-order valence-electron chi connectivity index (χ1n) is 8.30. The van der Waals surface area contributed by atoms with Crippen LogP contribution in [0.4, 0.5) is 0 Å². The van der Waals surface area contributed by atoms with Gasteiger partial charge in [0.05, 0.1) is 11.5 Å². The van der Waals surface area contributed by atoms with Gasteiger partial charge in [-0.05, 0) is 45.1 Å².